The van der Waals surface area contributed by atoms with E-state index in [1.54, 1.807) is 18.2 Å². The number of carbonyl (C=O) groups is 1. The molecule has 0 bridgehead atoms. The van der Waals surface area contributed by atoms with Gasteiger partial charge in [0.15, 0.2) is 0 Å². The molecule has 88 valence electrons. The van der Waals surface area contributed by atoms with Gasteiger partial charge in [0.2, 0.25) is 0 Å². The van der Waals surface area contributed by atoms with Gasteiger partial charge in [0.25, 0.3) is 5.91 Å². The Morgan fingerprint density at radius 2 is 2.19 bits per heavy atom. The van der Waals surface area contributed by atoms with Gasteiger partial charge in [-0.15, -0.1) is 0 Å². The van der Waals surface area contributed by atoms with Crippen LogP contribution in [0.4, 0.5) is 0 Å². The summed E-state index contributed by atoms with van der Waals surface area (Å²) in [5.41, 5.74) is 0.604. The smallest absolute Gasteiger partial charge is 0.251 e. The minimum atomic E-state index is -0.0877. The molecule has 0 unspecified atom stereocenters. The van der Waals surface area contributed by atoms with Crippen LogP contribution in [0.25, 0.3) is 0 Å². The molecule has 0 saturated carbocycles. The van der Waals surface area contributed by atoms with E-state index in [9.17, 15) is 4.79 Å². The molecule has 0 spiro atoms. The number of amides is 1. The normalized spacial score (nSPS) is 10.2. The maximum atomic E-state index is 11.7. The highest BCUT2D eigenvalue weighted by Gasteiger charge is 2.06. The van der Waals surface area contributed by atoms with E-state index < -0.39 is 0 Å². The molecule has 0 fully saturated rings. The quantitative estimate of drug-likeness (QED) is 0.821. The number of hydrogen-bond donors (Lipinski definition) is 2. The molecule has 16 heavy (non-hydrogen) atoms. The number of halogens is 2. The first-order valence-corrected chi connectivity index (χ1v) is 6.26. The fourth-order valence-corrected chi connectivity index (χ4v) is 1.68. The maximum Gasteiger partial charge on any atom is 0.251 e. The minimum absolute atomic E-state index is 0.0877. The Morgan fingerprint density at radius 1 is 1.44 bits per heavy atom. The lowest BCUT2D eigenvalue weighted by Gasteiger charge is -2.06. The molecule has 1 amide bonds. The predicted octanol–water partition coefficient (Wildman–Crippen LogP) is 2.44. The average Bonchev–Trinajstić information content (AvgIpc) is 2.28. The SMILES string of the molecule is CCNCCNC(=O)c1ccc(Cl)c(Br)c1. The van der Waals surface area contributed by atoms with E-state index in [0.29, 0.717) is 17.1 Å². The van der Waals surface area contributed by atoms with Gasteiger partial charge in [0.1, 0.15) is 0 Å². The number of hydrogen-bond acceptors (Lipinski definition) is 2. The summed E-state index contributed by atoms with van der Waals surface area (Å²) in [5, 5.41) is 6.55. The standard InChI is InChI=1S/C11H14BrClN2O/c1-2-14-5-6-15-11(16)8-3-4-10(13)9(12)7-8/h3-4,7,14H,2,5-6H2,1H3,(H,15,16). The summed E-state index contributed by atoms with van der Waals surface area (Å²) >= 11 is 9.13. The fourth-order valence-electron chi connectivity index (χ4n) is 1.18. The van der Waals surface area contributed by atoms with Crippen molar-refractivity contribution in [3.05, 3.63) is 33.3 Å². The highest BCUT2D eigenvalue weighted by atomic mass is 79.9. The van der Waals surface area contributed by atoms with Crippen molar-refractivity contribution in [1.29, 1.82) is 0 Å². The molecule has 0 aliphatic heterocycles. The van der Waals surface area contributed by atoms with Crippen LogP contribution in [0.3, 0.4) is 0 Å². The molecule has 1 rings (SSSR count). The molecule has 0 aliphatic carbocycles. The topological polar surface area (TPSA) is 41.1 Å². The zero-order valence-corrected chi connectivity index (χ0v) is 11.4. The van der Waals surface area contributed by atoms with Crippen molar-refractivity contribution in [3.63, 3.8) is 0 Å². The van der Waals surface area contributed by atoms with E-state index in [1.807, 2.05) is 6.92 Å². The van der Waals surface area contributed by atoms with Crippen LogP contribution in [0, 0.1) is 0 Å². The average molecular weight is 306 g/mol. The summed E-state index contributed by atoms with van der Waals surface area (Å²) in [4.78, 5) is 11.7. The molecule has 0 aromatic heterocycles. The van der Waals surface area contributed by atoms with Gasteiger partial charge in [0, 0.05) is 23.1 Å². The molecule has 0 radical (unpaired) electrons. The molecule has 0 saturated heterocycles. The molecular formula is C11H14BrClN2O. The van der Waals surface area contributed by atoms with E-state index in [0.717, 1.165) is 17.6 Å². The Labute approximate surface area is 109 Å². The van der Waals surface area contributed by atoms with E-state index in [4.69, 9.17) is 11.6 Å². The first-order chi connectivity index (χ1) is 7.65. The molecular weight excluding hydrogens is 291 g/mol. The van der Waals surface area contributed by atoms with Crippen LogP contribution in [-0.4, -0.2) is 25.5 Å². The lowest BCUT2D eigenvalue weighted by atomic mass is 10.2. The second-order valence-electron chi connectivity index (χ2n) is 3.24. The first kappa shape index (κ1) is 13.5. The van der Waals surface area contributed by atoms with Crippen molar-refractivity contribution in [2.75, 3.05) is 19.6 Å². The number of rotatable bonds is 5. The summed E-state index contributed by atoms with van der Waals surface area (Å²) in [6.07, 6.45) is 0. The first-order valence-electron chi connectivity index (χ1n) is 5.09. The molecule has 0 atom stereocenters. The third-order valence-electron chi connectivity index (χ3n) is 2.02. The predicted molar refractivity (Wildman–Crippen MR) is 70.0 cm³/mol. The van der Waals surface area contributed by atoms with Crippen molar-refractivity contribution >= 4 is 33.4 Å². The summed E-state index contributed by atoms with van der Waals surface area (Å²) in [5.74, 6) is -0.0877. The Balaban J connectivity index is 2.50. The van der Waals surface area contributed by atoms with Gasteiger partial charge in [-0.05, 0) is 40.7 Å². The van der Waals surface area contributed by atoms with Crippen LogP contribution in [0.1, 0.15) is 17.3 Å². The van der Waals surface area contributed by atoms with E-state index in [-0.39, 0.29) is 5.91 Å². The lowest BCUT2D eigenvalue weighted by molar-refractivity contribution is 0.0954. The van der Waals surface area contributed by atoms with Crippen molar-refractivity contribution < 1.29 is 4.79 Å². The zero-order chi connectivity index (χ0) is 12.0. The number of nitrogens with one attached hydrogen (secondary N) is 2. The van der Waals surface area contributed by atoms with Crippen LogP contribution in [0.5, 0.6) is 0 Å². The number of benzene rings is 1. The summed E-state index contributed by atoms with van der Waals surface area (Å²) < 4.78 is 0.730. The van der Waals surface area contributed by atoms with Gasteiger partial charge in [-0.1, -0.05) is 18.5 Å². The number of likely N-dealkylation sites (N-methyl/N-ethyl adjacent to an activating group) is 1. The van der Waals surface area contributed by atoms with Crippen molar-refractivity contribution in [1.82, 2.24) is 10.6 Å². The van der Waals surface area contributed by atoms with Gasteiger partial charge < -0.3 is 10.6 Å². The Hall–Kier alpha value is -0.580. The van der Waals surface area contributed by atoms with E-state index in [2.05, 4.69) is 26.6 Å². The Morgan fingerprint density at radius 3 is 2.81 bits per heavy atom. The molecule has 0 aliphatic rings. The van der Waals surface area contributed by atoms with Crippen molar-refractivity contribution in [2.45, 2.75) is 6.92 Å². The second-order valence-corrected chi connectivity index (χ2v) is 4.50. The third-order valence-corrected chi connectivity index (χ3v) is 3.23. The van der Waals surface area contributed by atoms with Crippen molar-refractivity contribution in [2.24, 2.45) is 0 Å². The fraction of sp³-hybridized carbons (Fsp3) is 0.364. The second kappa shape index (κ2) is 6.89. The Kier molecular flexibility index (Phi) is 5.80. The van der Waals surface area contributed by atoms with E-state index >= 15 is 0 Å². The summed E-state index contributed by atoms with van der Waals surface area (Å²) in [6.45, 7) is 4.32. The van der Waals surface area contributed by atoms with Gasteiger partial charge in [0.05, 0.1) is 5.02 Å². The number of carbonyl (C=O) groups excluding carboxylic acids is 1. The summed E-state index contributed by atoms with van der Waals surface area (Å²) in [6, 6.07) is 5.12. The zero-order valence-electron chi connectivity index (χ0n) is 9.02. The van der Waals surface area contributed by atoms with Gasteiger partial charge in [-0.3, -0.25) is 4.79 Å². The molecule has 5 heteroatoms. The molecule has 3 nitrogen and oxygen atoms in total. The van der Waals surface area contributed by atoms with Crippen LogP contribution in [-0.2, 0) is 0 Å². The highest BCUT2D eigenvalue weighted by Crippen LogP contribution is 2.22. The van der Waals surface area contributed by atoms with Crippen LogP contribution < -0.4 is 10.6 Å². The summed E-state index contributed by atoms with van der Waals surface area (Å²) in [7, 11) is 0. The van der Waals surface area contributed by atoms with Crippen LogP contribution in [0.15, 0.2) is 22.7 Å². The van der Waals surface area contributed by atoms with E-state index in [1.165, 1.54) is 0 Å². The minimum Gasteiger partial charge on any atom is -0.351 e. The largest absolute Gasteiger partial charge is 0.351 e. The van der Waals surface area contributed by atoms with Gasteiger partial charge >= 0.3 is 0 Å². The van der Waals surface area contributed by atoms with Gasteiger partial charge in [-0.2, -0.15) is 0 Å². The molecule has 1 aromatic carbocycles. The Bertz CT molecular complexity index is 371. The molecule has 0 heterocycles. The van der Waals surface area contributed by atoms with Gasteiger partial charge in [-0.25, -0.2) is 0 Å². The molecule has 2 N–H and O–H groups in total. The van der Waals surface area contributed by atoms with Crippen LogP contribution >= 0.6 is 27.5 Å². The third kappa shape index (κ3) is 4.12. The van der Waals surface area contributed by atoms with Crippen LogP contribution in [0.2, 0.25) is 5.02 Å². The highest BCUT2D eigenvalue weighted by molar-refractivity contribution is 9.10. The molecule has 1 aromatic rings. The monoisotopic (exact) mass is 304 g/mol. The van der Waals surface area contributed by atoms with Crippen molar-refractivity contribution in [3.8, 4) is 0 Å². The maximum absolute atomic E-state index is 11.7. The lowest BCUT2D eigenvalue weighted by Crippen LogP contribution is -2.31.